The highest BCUT2D eigenvalue weighted by atomic mass is 16.5. The Hall–Kier alpha value is -2.12. The highest BCUT2D eigenvalue weighted by molar-refractivity contribution is 5.85. The first-order valence-corrected chi connectivity index (χ1v) is 9.31. The lowest BCUT2D eigenvalue weighted by molar-refractivity contribution is -0.144. The summed E-state index contributed by atoms with van der Waals surface area (Å²) in [6.07, 6.45) is 1.64. The molecule has 0 radical (unpaired) electrons. The first-order chi connectivity index (χ1) is 13.1. The third kappa shape index (κ3) is 5.68. The van der Waals surface area contributed by atoms with Gasteiger partial charge in [-0.2, -0.15) is 0 Å². The second kappa shape index (κ2) is 10.9. The molecule has 7 heteroatoms. The third-order valence-corrected chi connectivity index (χ3v) is 4.84. The zero-order chi connectivity index (χ0) is 19.6. The van der Waals surface area contributed by atoms with Gasteiger partial charge in [-0.15, -0.1) is 0 Å². The molecule has 150 valence electrons. The van der Waals surface area contributed by atoms with Crippen LogP contribution in [0.15, 0.2) is 24.3 Å². The van der Waals surface area contributed by atoms with Gasteiger partial charge in [-0.25, -0.2) is 0 Å². The van der Waals surface area contributed by atoms with E-state index in [1.807, 2.05) is 24.3 Å². The molecule has 1 fully saturated rings. The molecule has 1 saturated heterocycles. The number of benzene rings is 1. The Bertz CT molecular complexity index is 622. The molecule has 1 N–H and O–H groups in total. The largest absolute Gasteiger partial charge is 0.497 e. The normalized spacial score (nSPS) is 19.8. The Labute approximate surface area is 161 Å². The molecule has 0 bridgehead atoms. The minimum absolute atomic E-state index is 0.0335. The predicted molar refractivity (Wildman–Crippen MR) is 102 cm³/mol. The van der Waals surface area contributed by atoms with Gasteiger partial charge >= 0.3 is 0 Å². The van der Waals surface area contributed by atoms with Gasteiger partial charge in [-0.05, 0) is 30.5 Å². The fourth-order valence-electron chi connectivity index (χ4n) is 3.48. The number of nitrogens with zero attached hydrogens (tertiary/aromatic N) is 1. The lowest BCUT2D eigenvalue weighted by Gasteiger charge is -2.41. The highest BCUT2D eigenvalue weighted by Crippen LogP contribution is 2.37. The van der Waals surface area contributed by atoms with E-state index >= 15 is 0 Å². The van der Waals surface area contributed by atoms with Crippen molar-refractivity contribution in [1.29, 1.82) is 0 Å². The van der Waals surface area contributed by atoms with Crippen LogP contribution in [0.3, 0.4) is 0 Å². The number of carbonyl (C=O) groups is 2. The maximum absolute atomic E-state index is 12.9. The van der Waals surface area contributed by atoms with Crippen LogP contribution in [0.1, 0.15) is 30.9 Å². The van der Waals surface area contributed by atoms with E-state index in [2.05, 4.69) is 5.32 Å². The van der Waals surface area contributed by atoms with Crippen molar-refractivity contribution in [2.24, 2.45) is 5.92 Å². The number of amides is 2. The Morgan fingerprint density at radius 3 is 2.70 bits per heavy atom. The van der Waals surface area contributed by atoms with E-state index in [-0.39, 0.29) is 23.8 Å². The lowest BCUT2D eigenvalue weighted by Crippen LogP contribution is -2.49. The zero-order valence-corrected chi connectivity index (χ0v) is 16.4. The van der Waals surface area contributed by atoms with E-state index in [1.54, 1.807) is 26.2 Å². The van der Waals surface area contributed by atoms with E-state index in [1.165, 1.54) is 0 Å². The topological polar surface area (TPSA) is 77.1 Å². The molecule has 1 aromatic rings. The number of carbonyl (C=O) groups excluding carboxylic acids is 2. The van der Waals surface area contributed by atoms with Crippen LogP contribution in [0.25, 0.3) is 0 Å². The molecule has 27 heavy (non-hydrogen) atoms. The summed E-state index contributed by atoms with van der Waals surface area (Å²) in [7, 11) is 4.85. The van der Waals surface area contributed by atoms with Crippen LogP contribution >= 0.6 is 0 Å². The molecule has 7 nitrogen and oxygen atoms in total. The summed E-state index contributed by atoms with van der Waals surface area (Å²) in [5, 5.41) is 2.99. The van der Waals surface area contributed by atoms with Crippen molar-refractivity contribution in [2.75, 3.05) is 47.6 Å². The molecule has 0 aliphatic carbocycles. The van der Waals surface area contributed by atoms with Gasteiger partial charge in [0.15, 0.2) is 0 Å². The quantitative estimate of drug-likeness (QED) is 0.628. The van der Waals surface area contributed by atoms with Crippen molar-refractivity contribution < 1.29 is 23.8 Å². The number of piperidine rings is 1. The van der Waals surface area contributed by atoms with Crippen molar-refractivity contribution in [3.63, 3.8) is 0 Å². The Balaban J connectivity index is 2.25. The van der Waals surface area contributed by atoms with E-state index < -0.39 is 0 Å². The van der Waals surface area contributed by atoms with Crippen LogP contribution in [0, 0.1) is 5.92 Å². The first-order valence-electron chi connectivity index (χ1n) is 9.31. The van der Waals surface area contributed by atoms with E-state index in [4.69, 9.17) is 14.2 Å². The number of methoxy groups -OCH3 is 3. The number of nitrogens with one attached hydrogen (secondary N) is 1. The number of hydrogen-bond donors (Lipinski definition) is 1. The summed E-state index contributed by atoms with van der Waals surface area (Å²) in [6.45, 7) is 2.03. The van der Waals surface area contributed by atoms with Crippen molar-refractivity contribution in [3.8, 4) is 5.75 Å². The average Bonchev–Trinajstić information content (AvgIpc) is 2.70. The lowest BCUT2D eigenvalue weighted by atomic mass is 9.83. The first kappa shape index (κ1) is 21.2. The molecule has 2 amide bonds. The molecular weight excluding hydrogens is 348 g/mol. The monoisotopic (exact) mass is 378 g/mol. The molecule has 0 spiro atoms. The standard InChI is InChI=1S/C20H30N2O5/c1-25-12-5-10-21-20(24)17-8-9-18(23)22(11-13-26-2)19(17)15-6-4-7-16(14-15)27-3/h4,6-7,14,17,19H,5,8-13H2,1-3H3,(H,21,24)/t17-,19+/m1/s1. The van der Waals surface area contributed by atoms with Gasteiger partial charge in [0.25, 0.3) is 0 Å². The average molecular weight is 378 g/mol. The van der Waals surface area contributed by atoms with Gasteiger partial charge in [-0.3, -0.25) is 9.59 Å². The molecule has 1 heterocycles. The number of likely N-dealkylation sites (tertiary alicyclic amines) is 1. The Kier molecular flexibility index (Phi) is 8.54. The van der Waals surface area contributed by atoms with Crippen molar-refractivity contribution >= 4 is 11.8 Å². The number of ether oxygens (including phenoxy) is 3. The van der Waals surface area contributed by atoms with Crippen LogP contribution in [-0.4, -0.2) is 64.3 Å². The molecule has 1 aromatic carbocycles. The maximum Gasteiger partial charge on any atom is 0.225 e. The van der Waals surface area contributed by atoms with Gasteiger partial charge in [0, 0.05) is 40.3 Å². The molecule has 1 aliphatic rings. The molecular formula is C20H30N2O5. The molecule has 0 aromatic heterocycles. The Morgan fingerprint density at radius 2 is 2.00 bits per heavy atom. The van der Waals surface area contributed by atoms with Gasteiger partial charge in [0.1, 0.15) is 5.75 Å². The second-order valence-corrected chi connectivity index (χ2v) is 6.58. The van der Waals surface area contributed by atoms with Gasteiger partial charge < -0.3 is 24.4 Å². The predicted octanol–water partition coefficient (Wildman–Crippen LogP) is 1.77. The summed E-state index contributed by atoms with van der Waals surface area (Å²) in [5.74, 6) is 0.405. The molecule has 1 aliphatic heterocycles. The van der Waals surface area contributed by atoms with Crippen molar-refractivity contribution in [1.82, 2.24) is 10.2 Å². The molecule has 2 atom stereocenters. The SMILES string of the molecule is COCCCNC(=O)[C@@H]1CCC(=O)N(CCOC)[C@H]1c1cccc(OC)c1. The summed E-state index contributed by atoms with van der Waals surface area (Å²) >= 11 is 0. The van der Waals surface area contributed by atoms with E-state index in [9.17, 15) is 9.59 Å². The van der Waals surface area contributed by atoms with Gasteiger partial charge in [0.05, 0.1) is 25.7 Å². The van der Waals surface area contributed by atoms with Crippen molar-refractivity contribution in [2.45, 2.75) is 25.3 Å². The van der Waals surface area contributed by atoms with Gasteiger partial charge in [-0.1, -0.05) is 12.1 Å². The van der Waals surface area contributed by atoms with Crippen LogP contribution in [0.2, 0.25) is 0 Å². The van der Waals surface area contributed by atoms with E-state index in [0.717, 1.165) is 12.0 Å². The molecule has 0 unspecified atom stereocenters. The van der Waals surface area contributed by atoms with E-state index in [0.29, 0.717) is 44.9 Å². The number of hydrogen-bond acceptors (Lipinski definition) is 5. The maximum atomic E-state index is 12.9. The molecule has 0 saturated carbocycles. The van der Waals surface area contributed by atoms with Crippen LogP contribution in [0.4, 0.5) is 0 Å². The third-order valence-electron chi connectivity index (χ3n) is 4.84. The van der Waals surface area contributed by atoms with Crippen LogP contribution in [0.5, 0.6) is 5.75 Å². The zero-order valence-electron chi connectivity index (χ0n) is 16.4. The minimum Gasteiger partial charge on any atom is -0.497 e. The minimum atomic E-state index is -0.334. The second-order valence-electron chi connectivity index (χ2n) is 6.58. The summed E-state index contributed by atoms with van der Waals surface area (Å²) in [4.78, 5) is 27.2. The smallest absolute Gasteiger partial charge is 0.225 e. The van der Waals surface area contributed by atoms with Crippen LogP contribution in [-0.2, 0) is 19.1 Å². The van der Waals surface area contributed by atoms with Crippen molar-refractivity contribution in [3.05, 3.63) is 29.8 Å². The number of rotatable bonds is 10. The Morgan fingerprint density at radius 1 is 1.22 bits per heavy atom. The summed E-state index contributed by atoms with van der Waals surface area (Å²) in [6, 6.07) is 7.24. The highest BCUT2D eigenvalue weighted by Gasteiger charge is 2.40. The van der Waals surface area contributed by atoms with Gasteiger partial charge in [0.2, 0.25) is 11.8 Å². The fraction of sp³-hybridized carbons (Fsp3) is 0.600. The summed E-state index contributed by atoms with van der Waals surface area (Å²) < 4.78 is 15.5. The summed E-state index contributed by atoms with van der Waals surface area (Å²) in [5.41, 5.74) is 0.899. The van der Waals surface area contributed by atoms with Crippen LogP contribution < -0.4 is 10.1 Å². The fourth-order valence-corrected chi connectivity index (χ4v) is 3.48. The molecule has 2 rings (SSSR count).